The summed E-state index contributed by atoms with van der Waals surface area (Å²) in [5, 5.41) is 1.08. The predicted molar refractivity (Wildman–Crippen MR) is 75.2 cm³/mol. The van der Waals surface area contributed by atoms with Gasteiger partial charge >= 0.3 is 0 Å². The molecule has 0 saturated heterocycles. The van der Waals surface area contributed by atoms with Gasteiger partial charge in [-0.2, -0.15) is 0 Å². The van der Waals surface area contributed by atoms with E-state index in [4.69, 9.17) is 0 Å². The Morgan fingerprint density at radius 1 is 1.06 bits per heavy atom. The van der Waals surface area contributed by atoms with Crippen LogP contribution in [0, 0.1) is 5.82 Å². The Morgan fingerprint density at radius 3 is 2.61 bits per heavy atom. The molecule has 2 aromatic carbocycles. The smallest absolute Gasteiger partial charge is 0.125 e. The summed E-state index contributed by atoms with van der Waals surface area (Å²) in [6, 6.07) is 13.1. The topological polar surface area (TPSA) is 15.8 Å². The van der Waals surface area contributed by atoms with Crippen LogP contribution in [0.3, 0.4) is 0 Å². The van der Waals surface area contributed by atoms with Gasteiger partial charge in [0.2, 0.25) is 0 Å². The number of nitrogens with one attached hydrogen (secondary N) is 1. The summed E-state index contributed by atoms with van der Waals surface area (Å²) in [6.45, 7) is 0. The van der Waals surface area contributed by atoms with Crippen molar-refractivity contribution >= 4 is 26.8 Å². The van der Waals surface area contributed by atoms with Gasteiger partial charge in [0.05, 0.1) is 0 Å². The van der Waals surface area contributed by atoms with Crippen molar-refractivity contribution in [3.63, 3.8) is 0 Å². The average Bonchev–Trinajstić information content (AvgIpc) is 2.74. The predicted octanol–water partition coefficient (Wildman–Crippen LogP) is 4.66. The largest absolute Gasteiger partial charge is 0.361 e. The Labute approximate surface area is 113 Å². The van der Waals surface area contributed by atoms with Gasteiger partial charge in [0.15, 0.2) is 0 Å². The van der Waals surface area contributed by atoms with Crippen LogP contribution in [0.1, 0.15) is 11.1 Å². The molecule has 0 aliphatic rings. The summed E-state index contributed by atoms with van der Waals surface area (Å²) < 4.78 is 14.2. The monoisotopic (exact) mass is 303 g/mol. The zero-order chi connectivity index (χ0) is 12.5. The fraction of sp³-hybridized carbons (Fsp3) is 0.0667. The lowest BCUT2D eigenvalue weighted by Crippen LogP contribution is -1.86. The van der Waals surface area contributed by atoms with Crippen LogP contribution in [0.5, 0.6) is 0 Å². The second kappa shape index (κ2) is 4.58. The molecule has 0 unspecified atom stereocenters. The van der Waals surface area contributed by atoms with Gasteiger partial charge in [0.1, 0.15) is 5.82 Å². The number of aromatic nitrogens is 1. The lowest BCUT2D eigenvalue weighted by Gasteiger charge is -2.01. The molecule has 0 bridgehead atoms. The van der Waals surface area contributed by atoms with E-state index in [9.17, 15) is 4.39 Å². The first-order chi connectivity index (χ1) is 8.72. The van der Waals surface area contributed by atoms with E-state index in [0.29, 0.717) is 0 Å². The van der Waals surface area contributed by atoms with Crippen molar-refractivity contribution in [1.82, 2.24) is 4.98 Å². The van der Waals surface area contributed by atoms with Gasteiger partial charge in [-0.1, -0.05) is 28.1 Å². The van der Waals surface area contributed by atoms with Gasteiger partial charge in [-0.05, 0) is 47.9 Å². The molecular formula is C15H11BrFN. The Kier molecular flexibility index (Phi) is 2.92. The summed E-state index contributed by atoms with van der Waals surface area (Å²) in [5.41, 5.74) is 3.28. The molecule has 3 aromatic rings. The SMILES string of the molecule is Fc1ccc2c(Cc3ccc(Br)cc3)c[nH]c2c1. The Morgan fingerprint density at radius 2 is 1.83 bits per heavy atom. The molecule has 0 amide bonds. The maximum atomic E-state index is 13.1. The Balaban J connectivity index is 1.97. The van der Waals surface area contributed by atoms with Crippen LogP contribution in [0.25, 0.3) is 10.9 Å². The van der Waals surface area contributed by atoms with Crippen molar-refractivity contribution in [2.24, 2.45) is 0 Å². The molecule has 0 spiro atoms. The van der Waals surface area contributed by atoms with Crippen molar-refractivity contribution in [3.05, 3.63) is 70.1 Å². The quantitative estimate of drug-likeness (QED) is 0.708. The number of hydrogen-bond donors (Lipinski definition) is 1. The Bertz CT molecular complexity index is 685. The van der Waals surface area contributed by atoms with Crippen molar-refractivity contribution in [1.29, 1.82) is 0 Å². The lowest BCUT2D eigenvalue weighted by molar-refractivity contribution is 0.629. The van der Waals surface area contributed by atoms with E-state index >= 15 is 0 Å². The number of hydrogen-bond acceptors (Lipinski definition) is 0. The fourth-order valence-electron chi connectivity index (χ4n) is 2.13. The fourth-order valence-corrected chi connectivity index (χ4v) is 2.39. The molecule has 0 fully saturated rings. The molecule has 1 heterocycles. The highest BCUT2D eigenvalue weighted by Gasteiger charge is 2.05. The van der Waals surface area contributed by atoms with Crippen LogP contribution >= 0.6 is 15.9 Å². The molecule has 1 nitrogen and oxygen atoms in total. The van der Waals surface area contributed by atoms with Gasteiger partial charge in [-0.25, -0.2) is 4.39 Å². The van der Waals surface area contributed by atoms with E-state index in [1.807, 2.05) is 24.4 Å². The third-order valence-electron chi connectivity index (χ3n) is 3.04. The van der Waals surface area contributed by atoms with Crippen LogP contribution in [0.2, 0.25) is 0 Å². The van der Waals surface area contributed by atoms with Crippen molar-refractivity contribution in [3.8, 4) is 0 Å². The molecule has 0 aliphatic carbocycles. The zero-order valence-electron chi connectivity index (χ0n) is 9.58. The van der Waals surface area contributed by atoms with E-state index in [-0.39, 0.29) is 5.82 Å². The maximum absolute atomic E-state index is 13.1. The summed E-state index contributed by atoms with van der Waals surface area (Å²) in [5.74, 6) is -0.209. The van der Waals surface area contributed by atoms with E-state index in [0.717, 1.165) is 21.8 Å². The van der Waals surface area contributed by atoms with Gasteiger partial charge in [-0.3, -0.25) is 0 Å². The first-order valence-electron chi connectivity index (χ1n) is 5.72. The minimum absolute atomic E-state index is 0.209. The summed E-state index contributed by atoms with van der Waals surface area (Å²) >= 11 is 3.42. The first kappa shape index (κ1) is 11.5. The van der Waals surface area contributed by atoms with Crippen molar-refractivity contribution < 1.29 is 4.39 Å². The normalized spacial score (nSPS) is 11.0. The van der Waals surface area contributed by atoms with Crippen molar-refractivity contribution in [2.75, 3.05) is 0 Å². The van der Waals surface area contributed by atoms with Crippen LogP contribution in [0.15, 0.2) is 53.1 Å². The molecule has 1 N–H and O–H groups in total. The highest BCUT2D eigenvalue weighted by molar-refractivity contribution is 9.10. The molecule has 0 aliphatic heterocycles. The summed E-state index contributed by atoms with van der Waals surface area (Å²) in [6.07, 6.45) is 2.80. The third-order valence-corrected chi connectivity index (χ3v) is 3.57. The van der Waals surface area contributed by atoms with E-state index in [1.54, 1.807) is 0 Å². The first-order valence-corrected chi connectivity index (χ1v) is 6.51. The molecule has 0 radical (unpaired) electrons. The molecule has 0 atom stereocenters. The van der Waals surface area contributed by atoms with Crippen LogP contribution in [-0.4, -0.2) is 4.98 Å². The maximum Gasteiger partial charge on any atom is 0.125 e. The number of fused-ring (bicyclic) bond motifs is 1. The van der Waals surface area contributed by atoms with Gasteiger partial charge in [0, 0.05) is 21.6 Å². The molecule has 1 aromatic heterocycles. The van der Waals surface area contributed by atoms with Crippen LogP contribution < -0.4 is 0 Å². The van der Waals surface area contributed by atoms with Crippen LogP contribution in [0.4, 0.5) is 4.39 Å². The van der Waals surface area contributed by atoms with E-state index in [1.165, 1.54) is 23.3 Å². The summed E-state index contributed by atoms with van der Waals surface area (Å²) in [4.78, 5) is 3.11. The second-order valence-electron chi connectivity index (χ2n) is 4.31. The number of H-pyrrole nitrogens is 1. The number of rotatable bonds is 2. The highest BCUT2D eigenvalue weighted by atomic mass is 79.9. The van der Waals surface area contributed by atoms with E-state index in [2.05, 4.69) is 33.0 Å². The zero-order valence-corrected chi connectivity index (χ0v) is 11.2. The molecule has 18 heavy (non-hydrogen) atoms. The third kappa shape index (κ3) is 2.18. The molecule has 3 heteroatoms. The molecular weight excluding hydrogens is 293 g/mol. The Hall–Kier alpha value is -1.61. The van der Waals surface area contributed by atoms with Gasteiger partial charge < -0.3 is 4.98 Å². The molecule has 0 saturated carbocycles. The van der Waals surface area contributed by atoms with Gasteiger partial charge in [-0.15, -0.1) is 0 Å². The number of aromatic amines is 1. The number of halogens is 2. The highest BCUT2D eigenvalue weighted by Crippen LogP contribution is 2.22. The number of benzene rings is 2. The second-order valence-corrected chi connectivity index (χ2v) is 5.22. The minimum Gasteiger partial charge on any atom is -0.361 e. The van der Waals surface area contributed by atoms with Crippen molar-refractivity contribution in [2.45, 2.75) is 6.42 Å². The average molecular weight is 304 g/mol. The van der Waals surface area contributed by atoms with Crippen LogP contribution in [-0.2, 0) is 6.42 Å². The molecule has 3 rings (SSSR count). The van der Waals surface area contributed by atoms with Gasteiger partial charge in [0.25, 0.3) is 0 Å². The lowest BCUT2D eigenvalue weighted by atomic mass is 10.0. The summed E-state index contributed by atoms with van der Waals surface area (Å²) in [7, 11) is 0. The standard InChI is InChI=1S/C15H11BrFN/c16-12-3-1-10(2-4-12)7-11-9-18-15-8-13(17)5-6-14(11)15/h1-6,8-9,18H,7H2. The minimum atomic E-state index is -0.209. The molecule has 90 valence electrons. The van der Waals surface area contributed by atoms with E-state index < -0.39 is 0 Å².